The molecule has 2 rings (SSSR count). The first kappa shape index (κ1) is 20.5. The first-order valence-corrected chi connectivity index (χ1v) is 7.39. The van der Waals surface area contributed by atoms with E-state index in [-0.39, 0.29) is 12.4 Å². The highest BCUT2D eigenvalue weighted by Gasteiger charge is 2.15. The average molecular weight is 381 g/mol. The van der Waals surface area contributed by atoms with E-state index >= 15 is 0 Å². The SMILES string of the molecule is COc1cc(/C(C#N)=C\c2ccc(Cl)c(N)c2)cc(OC)c1OC.Cl. The lowest BCUT2D eigenvalue weighted by Gasteiger charge is -2.13. The van der Waals surface area contributed by atoms with Crippen molar-refractivity contribution in [2.24, 2.45) is 0 Å². The number of hydrogen-bond acceptors (Lipinski definition) is 5. The Morgan fingerprint density at radius 2 is 1.68 bits per heavy atom. The summed E-state index contributed by atoms with van der Waals surface area (Å²) in [6.45, 7) is 0. The molecule has 0 aliphatic heterocycles. The van der Waals surface area contributed by atoms with Crippen molar-refractivity contribution in [1.29, 1.82) is 5.26 Å². The van der Waals surface area contributed by atoms with Gasteiger partial charge in [0.1, 0.15) is 0 Å². The number of allylic oxidation sites excluding steroid dienone is 1. The number of nitriles is 1. The molecule has 0 atom stereocenters. The smallest absolute Gasteiger partial charge is 0.203 e. The molecule has 0 radical (unpaired) electrons. The van der Waals surface area contributed by atoms with Crippen molar-refractivity contribution in [3.05, 3.63) is 46.5 Å². The quantitative estimate of drug-likeness (QED) is 0.471. The van der Waals surface area contributed by atoms with Crippen molar-refractivity contribution in [3.63, 3.8) is 0 Å². The van der Waals surface area contributed by atoms with Crippen molar-refractivity contribution in [2.75, 3.05) is 27.1 Å². The average Bonchev–Trinajstić information content (AvgIpc) is 2.61. The number of nitrogens with zero attached hydrogens (tertiary/aromatic N) is 1. The Morgan fingerprint density at radius 3 is 2.12 bits per heavy atom. The van der Waals surface area contributed by atoms with Gasteiger partial charge in [-0.15, -0.1) is 12.4 Å². The molecule has 0 saturated carbocycles. The Labute approximate surface area is 158 Å². The Kier molecular flexibility index (Phi) is 7.43. The molecule has 0 aromatic heterocycles. The molecular formula is C18H18Cl2N2O3. The molecule has 0 unspecified atom stereocenters. The van der Waals surface area contributed by atoms with Crippen LogP contribution in [0.15, 0.2) is 30.3 Å². The van der Waals surface area contributed by atoms with Crippen LogP contribution in [0.25, 0.3) is 11.6 Å². The van der Waals surface area contributed by atoms with Crippen LogP contribution in [-0.2, 0) is 0 Å². The number of halogens is 2. The lowest BCUT2D eigenvalue weighted by atomic mass is 10.0. The zero-order valence-corrected chi connectivity index (χ0v) is 15.6. The van der Waals surface area contributed by atoms with Crippen LogP contribution in [0.5, 0.6) is 17.2 Å². The molecule has 0 heterocycles. The lowest BCUT2D eigenvalue weighted by molar-refractivity contribution is 0.324. The van der Waals surface area contributed by atoms with Gasteiger partial charge in [0.2, 0.25) is 5.75 Å². The third kappa shape index (κ3) is 4.50. The van der Waals surface area contributed by atoms with E-state index < -0.39 is 0 Å². The van der Waals surface area contributed by atoms with E-state index in [0.29, 0.717) is 39.1 Å². The third-order valence-electron chi connectivity index (χ3n) is 3.43. The summed E-state index contributed by atoms with van der Waals surface area (Å²) < 4.78 is 15.9. The van der Waals surface area contributed by atoms with Gasteiger partial charge >= 0.3 is 0 Å². The van der Waals surface area contributed by atoms with Gasteiger partial charge in [0.15, 0.2) is 11.5 Å². The van der Waals surface area contributed by atoms with Gasteiger partial charge in [0.25, 0.3) is 0 Å². The van der Waals surface area contributed by atoms with Gasteiger partial charge in [0.05, 0.1) is 43.7 Å². The maximum Gasteiger partial charge on any atom is 0.203 e. The molecule has 0 aliphatic carbocycles. The van der Waals surface area contributed by atoms with Crippen LogP contribution in [0.1, 0.15) is 11.1 Å². The third-order valence-corrected chi connectivity index (χ3v) is 3.77. The Balaban J connectivity index is 0.00000312. The summed E-state index contributed by atoms with van der Waals surface area (Å²) in [7, 11) is 4.57. The molecule has 0 aliphatic rings. The summed E-state index contributed by atoms with van der Waals surface area (Å²) >= 11 is 5.92. The topological polar surface area (TPSA) is 77.5 Å². The van der Waals surface area contributed by atoms with Crippen molar-refractivity contribution in [1.82, 2.24) is 0 Å². The zero-order chi connectivity index (χ0) is 17.7. The van der Waals surface area contributed by atoms with Gasteiger partial charge in [0, 0.05) is 0 Å². The molecule has 25 heavy (non-hydrogen) atoms. The first-order chi connectivity index (χ1) is 11.5. The minimum atomic E-state index is 0. The van der Waals surface area contributed by atoms with Crippen LogP contribution in [-0.4, -0.2) is 21.3 Å². The fourth-order valence-corrected chi connectivity index (χ4v) is 2.35. The predicted molar refractivity (Wildman–Crippen MR) is 103 cm³/mol. The molecular weight excluding hydrogens is 363 g/mol. The van der Waals surface area contributed by atoms with Crippen molar-refractivity contribution in [3.8, 4) is 23.3 Å². The molecule has 0 fully saturated rings. The van der Waals surface area contributed by atoms with E-state index in [9.17, 15) is 5.26 Å². The van der Waals surface area contributed by atoms with Gasteiger partial charge in [-0.2, -0.15) is 5.26 Å². The van der Waals surface area contributed by atoms with Gasteiger partial charge in [-0.05, 0) is 41.5 Å². The summed E-state index contributed by atoms with van der Waals surface area (Å²) in [5, 5.41) is 10.0. The summed E-state index contributed by atoms with van der Waals surface area (Å²) in [6.07, 6.45) is 1.72. The Bertz CT molecular complexity index is 805. The highest BCUT2D eigenvalue weighted by Crippen LogP contribution is 2.40. The summed E-state index contributed by atoms with van der Waals surface area (Å²) in [5.74, 6) is 1.42. The second-order valence-corrected chi connectivity index (χ2v) is 5.27. The minimum absolute atomic E-state index is 0. The van der Waals surface area contributed by atoms with E-state index in [2.05, 4.69) is 6.07 Å². The number of nitrogen functional groups attached to an aromatic ring is 1. The van der Waals surface area contributed by atoms with E-state index in [0.717, 1.165) is 5.56 Å². The molecule has 0 amide bonds. The summed E-state index contributed by atoms with van der Waals surface area (Å²) in [5.41, 5.74) is 8.09. The van der Waals surface area contributed by atoms with Gasteiger partial charge in [-0.25, -0.2) is 0 Å². The molecule has 132 valence electrons. The number of anilines is 1. The Hall–Kier alpha value is -2.55. The fraction of sp³-hybridized carbons (Fsp3) is 0.167. The number of nitrogens with two attached hydrogens (primary N) is 1. The van der Waals surface area contributed by atoms with Crippen LogP contribution in [0.3, 0.4) is 0 Å². The fourth-order valence-electron chi connectivity index (χ4n) is 2.24. The standard InChI is InChI=1S/C18H17ClN2O3.ClH/c1-22-16-8-12(9-17(23-2)18(16)24-3)13(10-20)6-11-4-5-14(19)15(21)7-11;/h4-9H,21H2,1-3H3;1H/b13-6-;. The normalized spacial score (nSPS) is 10.4. The van der Waals surface area contributed by atoms with Crippen LogP contribution in [0.2, 0.25) is 5.02 Å². The van der Waals surface area contributed by atoms with Crippen molar-refractivity contribution >= 4 is 41.3 Å². The lowest BCUT2D eigenvalue weighted by Crippen LogP contribution is -1.96. The summed E-state index contributed by atoms with van der Waals surface area (Å²) in [6, 6.07) is 10.8. The van der Waals surface area contributed by atoms with Crippen LogP contribution < -0.4 is 19.9 Å². The van der Waals surface area contributed by atoms with Crippen LogP contribution >= 0.6 is 24.0 Å². The predicted octanol–water partition coefficient (Wildman–Crippen LogP) is 4.43. The van der Waals surface area contributed by atoms with Crippen molar-refractivity contribution in [2.45, 2.75) is 0 Å². The molecule has 0 spiro atoms. The zero-order valence-electron chi connectivity index (χ0n) is 14.0. The molecule has 2 aromatic rings. The largest absolute Gasteiger partial charge is 0.493 e. The molecule has 0 saturated heterocycles. The monoisotopic (exact) mass is 380 g/mol. The van der Waals surface area contributed by atoms with Crippen molar-refractivity contribution < 1.29 is 14.2 Å². The number of ether oxygens (including phenoxy) is 3. The number of rotatable bonds is 5. The maximum absolute atomic E-state index is 9.53. The maximum atomic E-state index is 9.53. The first-order valence-electron chi connectivity index (χ1n) is 7.01. The summed E-state index contributed by atoms with van der Waals surface area (Å²) in [4.78, 5) is 0. The van der Waals surface area contributed by atoms with E-state index in [1.807, 2.05) is 0 Å². The highest BCUT2D eigenvalue weighted by molar-refractivity contribution is 6.33. The van der Waals surface area contributed by atoms with Crippen LogP contribution in [0, 0.1) is 11.3 Å². The second-order valence-electron chi connectivity index (χ2n) is 4.86. The molecule has 5 nitrogen and oxygen atoms in total. The van der Waals surface area contributed by atoms with E-state index in [1.54, 1.807) is 36.4 Å². The van der Waals surface area contributed by atoms with E-state index in [4.69, 9.17) is 31.5 Å². The molecule has 0 bridgehead atoms. The van der Waals surface area contributed by atoms with Gasteiger partial charge in [-0.1, -0.05) is 17.7 Å². The Morgan fingerprint density at radius 1 is 1.08 bits per heavy atom. The minimum Gasteiger partial charge on any atom is -0.493 e. The molecule has 2 aromatic carbocycles. The number of methoxy groups -OCH3 is 3. The van der Waals surface area contributed by atoms with E-state index in [1.165, 1.54) is 21.3 Å². The molecule has 7 heteroatoms. The molecule has 2 N–H and O–H groups in total. The highest BCUT2D eigenvalue weighted by atomic mass is 35.5. The van der Waals surface area contributed by atoms with Gasteiger partial charge in [-0.3, -0.25) is 0 Å². The number of hydrogen-bond donors (Lipinski definition) is 1. The van der Waals surface area contributed by atoms with Crippen LogP contribution in [0.4, 0.5) is 5.69 Å². The second kappa shape index (κ2) is 9.07. The number of benzene rings is 2. The van der Waals surface area contributed by atoms with Gasteiger partial charge < -0.3 is 19.9 Å².